The molecular formula is C16H25N. The summed E-state index contributed by atoms with van der Waals surface area (Å²) in [4.78, 5) is 0. The van der Waals surface area contributed by atoms with Crippen LogP contribution in [0.4, 0.5) is 0 Å². The summed E-state index contributed by atoms with van der Waals surface area (Å²) in [5.41, 5.74) is 3.39. The van der Waals surface area contributed by atoms with Gasteiger partial charge in [0, 0.05) is 11.5 Å². The molecule has 0 amide bonds. The zero-order valence-electron chi connectivity index (χ0n) is 11.8. The second-order valence-corrected chi connectivity index (χ2v) is 6.86. The summed E-state index contributed by atoms with van der Waals surface area (Å²) in [6.45, 7) is 12.6. The van der Waals surface area contributed by atoms with Gasteiger partial charge in [-0.2, -0.15) is 0 Å². The van der Waals surface area contributed by atoms with E-state index < -0.39 is 0 Å². The Kier molecular flexibility index (Phi) is 3.07. The molecule has 1 nitrogen and oxygen atoms in total. The van der Waals surface area contributed by atoms with Crippen molar-refractivity contribution in [1.29, 1.82) is 0 Å². The molecule has 2 rings (SSSR count). The monoisotopic (exact) mass is 231 g/mol. The van der Waals surface area contributed by atoms with Crippen molar-refractivity contribution in [2.75, 3.05) is 6.54 Å². The SMILES string of the molecule is CC(C)(C)c1ccc(C2CCNC2(C)C)cc1. The standard InChI is InChI=1S/C16H25N/c1-15(2,3)13-8-6-12(7-9-13)14-10-11-17-16(14,4)5/h6-9,14,17H,10-11H2,1-5H3. The summed E-state index contributed by atoms with van der Waals surface area (Å²) >= 11 is 0. The first-order chi connectivity index (χ1) is 7.81. The Bertz CT molecular complexity index is 381. The summed E-state index contributed by atoms with van der Waals surface area (Å²) in [6, 6.07) is 9.23. The van der Waals surface area contributed by atoms with Gasteiger partial charge in [0.25, 0.3) is 0 Å². The van der Waals surface area contributed by atoms with E-state index in [1.54, 1.807) is 0 Å². The van der Waals surface area contributed by atoms with Gasteiger partial charge < -0.3 is 5.32 Å². The van der Waals surface area contributed by atoms with E-state index in [1.807, 2.05) is 0 Å². The quantitative estimate of drug-likeness (QED) is 0.774. The lowest BCUT2D eigenvalue weighted by atomic mass is 9.81. The molecule has 0 spiro atoms. The molecule has 0 radical (unpaired) electrons. The second-order valence-electron chi connectivity index (χ2n) is 6.86. The van der Waals surface area contributed by atoms with Crippen LogP contribution in [0.5, 0.6) is 0 Å². The van der Waals surface area contributed by atoms with Crippen molar-refractivity contribution in [2.45, 2.75) is 57.9 Å². The molecule has 1 aliphatic rings. The summed E-state index contributed by atoms with van der Waals surface area (Å²) in [5.74, 6) is 0.650. The fourth-order valence-corrected chi connectivity index (χ4v) is 2.82. The van der Waals surface area contributed by atoms with Gasteiger partial charge in [0.1, 0.15) is 0 Å². The van der Waals surface area contributed by atoms with Crippen molar-refractivity contribution in [1.82, 2.24) is 5.32 Å². The van der Waals surface area contributed by atoms with Crippen molar-refractivity contribution < 1.29 is 0 Å². The van der Waals surface area contributed by atoms with Crippen LogP contribution in [0.15, 0.2) is 24.3 Å². The predicted molar refractivity (Wildman–Crippen MR) is 74.6 cm³/mol. The van der Waals surface area contributed by atoms with Gasteiger partial charge in [-0.3, -0.25) is 0 Å². The van der Waals surface area contributed by atoms with E-state index in [2.05, 4.69) is 64.2 Å². The summed E-state index contributed by atoms with van der Waals surface area (Å²) in [6.07, 6.45) is 1.25. The molecule has 1 N–H and O–H groups in total. The predicted octanol–water partition coefficient (Wildman–Crippen LogP) is 3.84. The van der Waals surface area contributed by atoms with Gasteiger partial charge in [0.15, 0.2) is 0 Å². The van der Waals surface area contributed by atoms with Crippen LogP contribution in [-0.4, -0.2) is 12.1 Å². The molecule has 0 aromatic heterocycles. The van der Waals surface area contributed by atoms with E-state index in [-0.39, 0.29) is 11.0 Å². The molecule has 1 fully saturated rings. The Balaban J connectivity index is 2.24. The number of benzene rings is 1. The molecular weight excluding hydrogens is 206 g/mol. The van der Waals surface area contributed by atoms with E-state index in [4.69, 9.17) is 0 Å². The van der Waals surface area contributed by atoms with Crippen LogP contribution in [0.2, 0.25) is 0 Å². The van der Waals surface area contributed by atoms with Crippen molar-refractivity contribution in [3.8, 4) is 0 Å². The topological polar surface area (TPSA) is 12.0 Å². The van der Waals surface area contributed by atoms with Gasteiger partial charge in [-0.1, -0.05) is 45.0 Å². The fourth-order valence-electron chi connectivity index (χ4n) is 2.82. The first-order valence-electron chi connectivity index (χ1n) is 6.66. The minimum atomic E-state index is 0.239. The molecule has 1 heteroatoms. The van der Waals surface area contributed by atoms with E-state index in [0.29, 0.717) is 5.92 Å². The van der Waals surface area contributed by atoms with E-state index in [1.165, 1.54) is 17.5 Å². The average Bonchev–Trinajstić information content (AvgIpc) is 2.57. The van der Waals surface area contributed by atoms with Gasteiger partial charge in [0.2, 0.25) is 0 Å². The first-order valence-corrected chi connectivity index (χ1v) is 6.66. The van der Waals surface area contributed by atoms with Crippen LogP contribution in [0, 0.1) is 0 Å². The van der Waals surface area contributed by atoms with Crippen LogP contribution < -0.4 is 5.32 Å². The summed E-state index contributed by atoms with van der Waals surface area (Å²) in [7, 11) is 0. The molecule has 0 aliphatic carbocycles. The van der Waals surface area contributed by atoms with Crippen LogP contribution in [0.25, 0.3) is 0 Å². The highest BCUT2D eigenvalue weighted by Crippen LogP contribution is 2.36. The molecule has 1 heterocycles. The molecule has 0 bridgehead atoms. The lowest BCUT2D eigenvalue weighted by Crippen LogP contribution is -2.36. The molecule has 94 valence electrons. The minimum Gasteiger partial charge on any atom is -0.311 e. The Labute approximate surface area is 106 Å². The molecule has 1 aromatic rings. The molecule has 0 saturated carbocycles. The Morgan fingerprint density at radius 3 is 2.12 bits per heavy atom. The van der Waals surface area contributed by atoms with Crippen LogP contribution in [-0.2, 0) is 5.41 Å². The Morgan fingerprint density at radius 1 is 1.12 bits per heavy atom. The lowest BCUT2D eigenvalue weighted by molar-refractivity contribution is 0.411. The van der Waals surface area contributed by atoms with Crippen LogP contribution >= 0.6 is 0 Å². The van der Waals surface area contributed by atoms with Gasteiger partial charge in [0.05, 0.1) is 0 Å². The molecule has 17 heavy (non-hydrogen) atoms. The maximum atomic E-state index is 3.59. The first kappa shape index (κ1) is 12.6. The van der Waals surface area contributed by atoms with Crippen molar-refractivity contribution in [2.24, 2.45) is 0 Å². The van der Waals surface area contributed by atoms with Crippen molar-refractivity contribution in [3.05, 3.63) is 35.4 Å². The maximum Gasteiger partial charge on any atom is 0.0194 e. The van der Waals surface area contributed by atoms with Crippen LogP contribution in [0.3, 0.4) is 0 Å². The van der Waals surface area contributed by atoms with Crippen molar-refractivity contribution in [3.63, 3.8) is 0 Å². The second kappa shape index (κ2) is 4.13. The number of nitrogens with one attached hydrogen (secondary N) is 1. The van der Waals surface area contributed by atoms with Gasteiger partial charge in [-0.05, 0) is 43.4 Å². The van der Waals surface area contributed by atoms with Gasteiger partial charge in [-0.15, -0.1) is 0 Å². The minimum absolute atomic E-state index is 0.239. The van der Waals surface area contributed by atoms with Gasteiger partial charge in [-0.25, -0.2) is 0 Å². The van der Waals surface area contributed by atoms with Crippen LogP contribution in [0.1, 0.15) is 58.1 Å². The van der Waals surface area contributed by atoms with Gasteiger partial charge >= 0.3 is 0 Å². The Morgan fingerprint density at radius 2 is 1.71 bits per heavy atom. The molecule has 1 atom stereocenters. The third-order valence-electron chi connectivity index (χ3n) is 4.06. The highest BCUT2D eigenvalue weighted by molar-refractivity contribution is 5.31. The molecule has 1 aliphatic heterocycles. The fraction of sp³-hybridized carbons (Fsp3) is 0.625. The maximum absolute atomic E-state index is 3.59. The normalized spacial score (nSPS) is 23.9. The highest BCUT2D eigenvalue weighted by atomic mass is 15.0. The van der Waals surface area contributed by atoms with Crippen molar-refractivity contribution >= 4 is 0 Å². The molecule has 1 unspecified atom stereocenters. The van der Waals surface area contributed by atoms with E-state index in [9.17, 15) is 0 Å². The molecule has 1 aromatic carbocycles. The largest absolute Gasteiger partial charge is 0.311 e. The van der Waals surface area contributed by atoms with E-state index in [0.717, 1.165) is 6.54 Å². The number of rotatable bonds is 1. The number of hydrogen-bond acceptors (Lipinski definition) is 1. The summed E-state index contributed by atoms with van der Waals surface area (Å²) in [5, 5.41) is 3.59. The zero-order valence-corrected chi connectivity index (χ0v) is 11.8. The highest BCUT2D eigenvalue weighted by Gasteiger charge is 2.34. The third-order valence-corrected chi connectivity index (χ3v) is 4.06. The smallest absolute Gasteiger partial charge is 0.0194 e. The van der Waals surface area contributed by atoms with E-state index >= 15 is 0 Å². The average molecular weight is 231 g/mol. The summed E-state index contributed by atoms with van der Waals surface area (Å²) < 4.78 is 0. The Hall–Kier alpha value is -0.820. The zero-order chi connectivity index (χ0) is 12.7. The molecule has 1 saturated heterocycles. The third kappa shape index (κ3) is 2.55. The number of hydrogen-bond donors (Lipinski definition) is 1. The lowest BCUT2D eigenvalue weighted by Gasteiger charge is -2.28.